The van der Waals surface area contributed by atoms with Gasteiger partial charge < -0.3 is 16.8 Å². The highest BCUT2D eigenvalue weighted by Gasteiger charge is 2.21. The van der Waals surface area contributed by atoms with Crippen LogP contribution in [0, 0.1) is 6.92 Å². The molecule has 3 rings (SSSR count). The number of amides is 1. The molecule has 1 aromatic carbocycles. The molecule has 0 bridgehead atoms. The molecule has 0 aliphatic carbocycles. The number of aryl methyl sites for hydroxylation is 1. The zero-order valence-electron chi connectivity index (χ0n) is 15.0. The first-order valence-electron chi connectivity index (χ1n) is 8.70. The number of nitrogens with zero attached hydrogens (tertiary/aromatic N) is 3. The molecule has 9 heteroatoms. The molecule has 0 radical (unpaired) electrons. The number of carbonyl (C=O) groups excluding carboxylic acids is 1. The number of aromatic nitrogens is 2. The molecule has 7 nitrogen and oxygen atoms in total. The Labute approximate surface area is 171 Å². The van der Waals surface area contributed by atoms with Crippen molar-refractivity contribution in [3.8, 4) is 0 Å². The van der Waals surface area contributed by atoms with Gasteiger partial charge in [-0.2, -0.15) is 4.98 Å². The van der Waals surface area contributed by atoms with Crippen LogP contribution in [0.3, 0.4) is 0 Å². The molecule has 1 aliphatic heterocycles. The lowest BCUT2D eigenvalue weighted by Crippen LogP contribution is -2.39. The number of carbonyl (C=O) groups is 1. The van der Waals surface area contributed by atoms with E-state index < -0.39 is 5.91 Å². The lowest BCUT2D eigenvalue weighted by molar-refractivity contribution is 0.1000. The van der Waals surface area contributed by atoms with E-state index >= 15 is 0 Å². The van der Waals surface area contributed by atoms with Crippen molar-refractivity contribution >= 4 is 45.2 Å². The average Bonchev–Trinajstić information content (AvgIpc) is 2.62. The Bertz CT molecular complexity index is 831. The molecule has 1 fully saturated rings. The second-order valence-electron chi connectivity index (χ2n) is 6.70. The molecule has 1 amide bonds. The van der Waals surface area contributed by atoms with Crippen molar-refractivity contribution in [2.45, 2.75) is 32.4 Å². The summed E-state index contributed by atoms with van der Waals surface area (Å²) in [6.45, 7) is 4.49. The molecule has 27 heavy (non-hydrogen) atoms. The van der Waals surface area contributed by atoms with Gasteiger partial charge in [0.25, 0.3) is 0 Å². The summed E-state index contributed by atoms with van der Waals surface area (Å²) in [6.07, 6.45) is 1.94. The maximum atomic E-state index is 11.2. The summed E-state index contributed by atoms with van der Waals surface area (Å²) in [4.78, 5) is 22.3. The van der Waals surface area contributed by atoms with Crippen molar-refractivity contribution < 1.29 is 4.79 Å². The Morgan fingerprint density at radius 3 is 2.67 bits per heavy atom. The van der Waals surface area contributed by atoms with Gasteiger partial charge in [0.1, 0.15) is 5.82 Å². The van der Waals surface area contributed by atoms with E-state index in [9.17, 15) is 4.79 Å². The van der Waals surface area contributed by atoms with E-state index in [4.69, 9.17) is 23.1 Å². The van der Waals surface area contributed by atoms with Crippen LogP contribution >= 0.6 is 27.5 Å². The first-order valence-corrected chi connectivity index (χ1v) is 9.87. The molecule has 2 heterocycles. The summed E-state index contributed by atoms with van der Waals surface area (Å²) in [5.41, 5.74) is 13.4. The molecule has 2 aromatic rings. The van der Waals surface area contributed by atoms with Crippen LogP contribution in [0.1, 0.15) is 34.5 Å². The standard InChI is InChI=1S/C18H22BrClN6O/c1-10-15(19)16(21)25-18(23-10)24-13-4-6-26(7-5-13)9-12-3-2-11(17(22)27)8-14(12)20/h2-3,8,13H,4-7,9H2,1H3,(H2,22,27)(H3,21,23,24,25). The predicted molar refractivity (Wildman–Crippen MR) is 111 cm³/mol. The number of nitrogens with two attached hydrogens (primary N) is 2. The summed E-state index contributed by atoms with van der Waals surface area (Å²) in [5, 5.41) is 3.95. The summed E-state index contributed by atoms with van der Waals surface area (Å²) in [7, 11) is 0. The maximum Gasteiger partial charge on any atom is 0.248 e. The van der Waals surface area contributed by atoms with Crippen molar-refractivity contribution in [3.63, 3.8) is 0 Å². The first kappa shape index (κ1) is 19.9. The molecule has 1 aliphatic rings. The van der Waals surface area contributed by atoms with Gasteiger partial charge in [-0.1, -0.05) is 17.7 Å². The minimum atomic E-state index is -0.471. The van der Waals surface area contributed by atoms with E-state index in [1.807, 2.05) is 13.0 Å². The minimum Gasteiger partial charge on any atom is -0.383 e. The van der Waals surface area contributed by atoms with Crippen molar-refractivity contribution in [1.29, 1.82) is 0 Å². The fourth-order valence-electron chi connectivity index (χ4n) is 3.13. The monoisotopic (exact) mass is 452 g/mol. The topological polar surface area (TPSA) is 110 Å². The molecular formula is C18H22BrClN6O. The van der Waals surface area contributed by atoms with Gasteiger partial charge in [0.15, 0.2) is 0 Å². The van der Waals surface area contributed by atoms with Crippen molar-refractivity contribution in [3.05, 3.63) is 44.5 Å². The van der Waals surface area contributed by atoms with Crippen LogP contribution in [-0.4, -0.2) is 39.9 Å². The van der Waals surface area contributed by atoms with E-state index in [0.29, 0.717) is 28.4 Å². The van der Waals surface area contributed by atoms with Gasteiger partial charge in [-0.3, -0.25) is 9.69 Å². The van der Waals surface area contributed by atoms with Crippen molar-refractivity contribution in [2.75, 3.05) is 24.1 Å². The molecule has 5 N–H and O–H groups in total. The third-order valence-electron chi connectivity index (χ3n) is 4.69. The quantitative estimate of drug-likeness (QED) is 0.642. The van der Waals surface area contributed by atoms with Crippen molar-refractivity contribution in [1.82, 2.24) is 14.9 Å². The average molecular weight is 454 g/mol. The Hall–Kier alpha value is -1.90. The number of anilines is 2. The summed E-state index contributed by atoms with van der Waals surface area (Å²) >= 11 is 9.67. The number of halogens is 2. The number of likely N-dealkylation sites (tertiary alicyclic amines) is 1. The number of piperidine rings is 1. The van der Waals surface area contributed by atoms with Gasteiger partial charge in [0.2, 0.25) is 11.9 Å². The van der Waals surface area contributed by atoms with E-state index in [1.54, 1.807) is 12.1 Å². The Balaban J connectivity index is 1.55. The fourth-order valence-corrected chi connectivity index (χ4v) is 3.55. The Kier molecular flexibility index (Phi) is 6.18. The number of hydrogen-bond acceptors (Lipinski definition) is 6. The predicted octanol–water partition coefficient (Wildman–Crippen LogP) is 2.96. The van der Waals surface area contributed by atoms with Gasteiger partial charge in [-0.05, 0) is 53.4 Å². The number of primary amides is 1. The second-order valence-corrected chi connectivity index (χ2v) is 7.90. The van der Waals surface area contributed by atoms with Gasteiger partial charge in [0.05, 0.1) is 10.2 Å². The van der Waals surface area contributed by atoms with Gasteiger partial charge >= 0.3 is 0 Å². The number of benzene rings is 1. The molecule has 0 atom stereocenters. The zero-order valence-corrected chi connectivity index (χ0v) is 17.3. The molecular weight excluding hydrogens is 432 g/mol. The molecule has 1 aromatic heterocycles. The van der Waals surface area contributed by atoms with Crippen LogP contribution in [0.25, 0.3) is 0 Å². The van der Waals surface area contributed by atoms with Crippen LogP contribution in [0.4, 0.5) is 11.8 Å². The molecule has 1 saturated heterocycles. The van der Waals surface area contributed by atoms with Gasteiger partial charge in [0, 0.05) is 36.3 Å². The second kappa shape index (κ2) is 8.41. The zero-order chi connectivity index (χ0) is 19.6. The van der Waals surface area contributed by atoms with Crippen LogP contribution in [0.2, 0.25) is 5.02 Å². The molecule has 0 unspecified atom stereocenters. The van der Waals surface area contributed by atoms with E-state index in [2.05, 4.69) is 36.1 Å². The Morgan fingerprint density at radius 1 is 1.37 bits per heavy atom. The highest BCUT2D eigenvalue weighted by molar-refractivity contribution is 9.10. The van der Waals surface area contributed by atoms with Gasteiger partial charge in [-0.25, -0.2) is 4.98 Å². The lowest BCUT2D eigenvalue weighted by Gasteiger charge is -2.32. The number of hydrogen-bond donors (Lipinski definition) is 3. The highest BCUT2D eigenvalue weighted by Crippen LogP contribution is 2.24. The Morgan fingerprint density at radius 2 is 2.07 bits per heavy atom. The SMILES string of the molecule is Cc1nc(NC2CCN(Cc3ccc(C(N)=O)cc3Cl)CC2)nc(N)c1Br. The van der Waals surface area contributed by atoms with Crippen molar-refractivity contribution in [2.24, 2.45) is 5.73 Å². The van der Waals surface area contributed by atoms with Crippen LogP contribution in [-0.2, 0) is 6.54 Å². The fraction of sp³-hybridized carbons (Fsp3) is 0.389. The highest BCUT2D eigenvalue weighted by atomic mass is 79.9. The maximum absolute atomic E-state index is 11.2. The van der Waals surface area contributed by atoms with Crippen LogP contribution in [0.5, 0.6) is 0 Å². The van der Waals surface area contributed by atoms with Crippen LogP contribution < -0.4 is 16.8 Å². The summed E-state index contributed by atoms with van der Waals surface area (Å²) in [5.74, 6) is 0.537. The third-order valence-corrected chi connectivity index (χ3v) is 6.03. The number of nitrogen functional groups attached to an aromatic ring is 1. The lowest BCUT2D eigenvalue weighted by atomic mass is 10.0. The largest absolute Gasteiger partial charge is 0.383 e. The van der Waals surface area contributed by atoms with Gasteiger partial charge in [-0.15, -0.1) is 0 Å². The molecule has 0 spiro atoms. The van der Waals surface area contributed by atoms with E-state index in [1.165, 1.54) is 0 Å². The smallest absolute Gasteiger partial charge is 0.248 e. The molecule has 144 valence electrons. The van der Waals surface area contributed by atoms with E-state index in [0.717, 1.165) is 48.2 Å². The third kappa shape index (κ3) is 4.88. The first-order chi connectivity index (χ1) is 12.8. The normalized spacial score (nSPS) is 15.7. The molecule has 0 saturated carbocycles. The number of rotatable bonds is 5. The minimum absolute atomic E-state index is 0.300. The summed E-state index contributed by atoms with van der Waals surface area (Å²) < 4.78 is 0.738. The number of nitrogens with one attached hydrogen (secondary N) is 1. The van der Waals surface area contributed by atoms with Crippen LogP contribution in [0.15, 0.2) is 22.7 Å². The van der Waals surface area contributed by atoms with E-state index in [-0.39, 0.29) is 0 Å². The summed E-state index contributed by atoms with van der Waals surface area (Å²) in [6, 6.07) is 5.52.